The van der Waals surface area contributed by atoms with Crippen LogP contribution in [-0.2, 0) is 0 Å². The number of nitrogens with one attached hydrogen (secondary N) is 1. The summed E-state index contributed by atoms with van der Waals surface area (Å²) in [6.45, 7) is 3.62. The number of hydrogen-bond donors (Lipinski definition) is 2. The van der Waals surface area contributed by atoms with Gasteiger partial charge in [0.25, 0.3) is 0 Å². The summed E-state index contributed by atoms with van der Waals surface area (Å²) < 4.78 is 0. The highest BCUT2D eigenvalue weighted by Gasteiger charge is 2.42. The minimum Gasteiger partial charge on any atom is -0.396 e. The van der Waals surface area contributed by atoms with E-state index in [9.17, 15) is 5.11 Å². The largest absolute Gasteiger partial charge is 0.396 e. The van der Waals surface area contributed by atoms with Crippen LogP contribution in [0.3, 0.4) is 0 Å². The third kappa shape index (κ3) is 3.10. The summed E-state index contributed by atoms with van der Waals surface area (Å²) in [5, 5.41) is 13.0. The molecule has 1 aliphatic heterocycles. The van der Waals surface area contributed by atoms with E-state index in [-0.39, 0.29) is 5.41 Å². The zero-order valence-corrected chi connectivity index (χ0v) is 11.5. The van der Waals surface area contributed by atoms with Gasteiger partial charge in [0, 0.05) is 43.4 Å². The molecule has 19 heavy (non-hydrogen) atoms. The molecule has 1 aromatic rings. The predicted octanol–water partition coefficient (Wildman–Crippen LogP) is 2.02. The van der Waals surface area contributed by atoms with Gasteiger partial charge < -0.3 is 15.3 Å². The topological polar surface area (TPSA) is 35.5 Å². The van der Waals surface area contributed by atoms with Gasteiger partial charge in [0.1, 0.15) is 0 Å². The van der Waals surface area contributed by atoms with Crippen molar-refractivity contribution < 1.29 is 5.11 Å². The molecule has 2 N–H and O–H groups in total. The van der Waals surface area contributed by atoms with Gasteiger partial charge in [-0.15, -0.1) is 0 Å². The molecular weight excluding hydrogens is 236 g/mol. The van der Waals surface area contributed by atoms with Crippen LogP contribution in [0.25, 0.3) is 0 Å². The van der Waals surface area contributed by atoms with Crippen LogP contribution in [0.15, 0.2) is 30.3 Å². The van der Waals surface area contributed by atoms with E-state index in [0.717, 1.165) is 19.6 Å². The van der Waals surface area contributed by atoms with Crippen molar-refractivity contribution in [1.82, 2.24) is 5.32 Å². The van der Waals surface area contributed by atoms with Crippen LogP contribution in [0.2, 0.25) is 0 Å². The van der Waals surface area contributed by atoms with Crippen molar-refractivity contribution in [3.05, 3.63) is 30.3 Å². The molecule has 1 saturated carbocycles. The van der Waals surface area contributed by atoms with Crippen LogP contribution < -0.4 is 10.2 Å². The van der Waals surface area contributed by atoms with Crippen molar-refractivity contribution in [2.45, 2.75) is 31.7 Å². The normalized spacial score (nSPS) is 22.5. The van der Waals surface area contributed by atoms with E-state index in [1.807, 2.05) is 0 Å². The number of piperidine rings is 1. The van der Waals surface area contributed by atoms with Crippen LogP contribution in [0, 0.1) is 5.41 Å². The number of nitrogens with zero attached hydrogens (tertiary/aromatic N) is 1. The van der Waals surface area contributed by atoms with E-state index >= 15 is 0 Å². The highest BCUT2D eigenvalue weighted by Crippen LogP contribution is 2.44. The Balaban J connectivity index is 1.45. The number of para-hydroxylation sites is 1. The predicted molar refractivity (Wildman–Crippen MR) is 78.4 cm³/mol. The van der Waals surface area contributed by atoms with E-state index < -0.39 is 0 Å². The molecule has 0 amide bonds. The highest BCUT2D eigenvalue weighted by molar-refractivity contribution is 5.46. The van der Waals surface area contributed by atoms with Crippen LogP contribution in [-0.4, -0.2) is 37.4 Å². The van der Waals surface area contributed by atoms with E-state index in [1.165, 1.54) is 31.4 Å². The molecule has 1 heterocycles. The maximum Gasteiger partial charge on any atom is 0.0499 e. The molecule has 1 saturated heterocycles. The first kappa shape index (κ1) is 12.9. The van der Waals surface area contributed by atoms with E-state index in [2.05, 4.69) is 40.5 Å². The molecule has 1 aromatic carbocycles. The van der Waals surface area contributed by atoms with E-state index in [1.54, 1.807) is 0 Å². The summed E-state index contributed by atoms with van der Waals surface area (Å²) in [5.41, 5.74) is 1.58. The molecule has 2 aliphatic rings. The van der Waals surface area contributed by atoms with Crippen molar-refractivity contribution >= 4 is 5.69 Å². The smallest absolute Gasteiger partial charge is 0.0499 e. The molecular formula is C16H24N2O. The molecule has 1 aliphatic carbocycles. The Morgan fingerprint density at radius 1 is 1.16 bits per heavy atom. The van der Waals surface area contributed by atoms with Crippen molar-refractivity contribution in [3.63, 3.8) is 0 Å². The van der Waals surface area contributed by atoms with Gasteiger partial charge in [0.2, 0.25) is 0 Å². The van der Waals surface area contributed by atoms with Gasteiger partial charge in [-0.2, -0.15) is 0 Å². The molecule has 0 bridgehead atoms. The third-order valence-corrected chi connectivity index (χ3v) is 4.67. The minimum atomic E-state index is 0.233. The van der Waals surface area contributed by atoms with Crippen LogP contribution >= 0.6 is 0 Å². The fraction of sp³-hybridized carbons (Fsp3) is 0.625. The first-order chi connectivity index (χ1) is 9.31. The second kappa shape index (κ2) is 5.51. The van der Waals surface area contributed by atoms with E-state index in [0.29, 0.717) is 12.6 Å². The average molecular weight is 260 g/mol. The Morgan fingerprint density at radius 2 is 1.84 bits per heavy atom. The van der Waals surface area contributed by atoms with Crippen LogP contribution in [0.1, 0.15) is 25.7 Å². The van der Waals surface area contributed by atoms with Gasteiger partial charge in [-0.25, -0.2) is 0 Å². The Hall–Kier alpha value is -1.06. The van der Waals surface area contributed by atoms with Gasteiger partial charge in [0.05, 0.1) is 0 Å². The molecule has 3 heteroatoms. The van der Waals surface area contributed by atoms with Gasteiger partial charge in [-0.1, -0.05) is 18.2 Å². The summed E-state index contributed by atoms with van der Waals surface area (Å²) >= 11 is 0. The minimum absolute atomic E-state index is 0.233. The molecule has 104 valence electrons. The Kier molecular flexibility index (Phi) is 3.76. The van der Waals surface area contributed by atoms with Crippen LogP contribution in [0.4, 0.5) is 5.69 Å². The molecule has 2 fully saturated rings. The monoisotopic (exact) mass is 260 g/mol. The lowest BCUT2D eigenvalue weighted by Crippen LogP contribution is -2.44. The maximum atomic E-state index is 9.33. The van der Waals surface area contributed by atoms with Gasteiger partial charge in [0.15, 0.2) is 0 Å². The molecule has 0 radical (unpaired) electrons. The molecule has 0 spiro atoms. The molecule has 0 atom stereocenters. The summed E-state index contributed by atoms with van der Waals surface area (Å²) in [5.74, 6) is 0. The quantitative estimate of drug-likeness (QED) is 0.850. The van der Waals surface area contributed by atoms with Crippen molar-refractivity contribution in [1.29, 1.82) is 0 Å². The number of hydrogen-bond acceptors (Lipinski definition) is 3. The zero-order valence-electron chi connectivity index (χ0n) is 11.5. The van der Waals surface area contributed by atoms with Gasteiger partial charge in [-0.05, 0) is 37.8 Å². The molecule has 3 nitrogen and oxygen atoms in total. The highest BCUT2D eigenvalue weighted by atomic mass is 16.3. The molecule has 0 unspecified atom stereocenters. The average Bonchev–Trinajstić information content (AvgIpc) is 3.27. The van der Waals surface area contributed by atoms with E-state index in [4.69, 9.17) is 0 Å². The number of aliphatic hydroxyl groups is 1. The standard InChI is InChI=1S/C16H24N2O/c19-13-16(8-9-16)12-17-14-6-10-18(11-7-14)15-4-2-1-3-5-15/h1-5,14,17,19H,6-13H2. The number of aliphatic hydroxyl groups excluding tert-OH is 1. The molecule has 3 rings (SSSR count). The van der Waals surface area contributed by atoms with Crippen molar-refractivity contribution in [2.24, 2.45) is 5.41 Å². The lowest BCUT2D eigenvalue weighted by atomic mass is 10.0. The lowest BCUT2D eigenvalue weighted by molar-refractivity contribution is 0.201. The number of rotatable bonds is 5. The van der Waals surface area contributed by atoms with Gasteiger partial charge >= 0.3 is 0 Å². The molecule has 0 aromatic heterocycles. The van der Waals surface area contributed by atoms with Crippen molar-refractivity contribution in [2.75, 3.05) is 31.1 Å². The van der Waals surface area contributed by atoms with Gasteiger partial charge in [-0.3, -0.25) is 0 Å². The number of benzene rings is 1. The second-order valence-corrected chi connectivity index (χ2v) is 6.14. The number of anilines is 1. The third-order valence-electron chi connectivity index (χ3n) is 4.67. The fourth-order valence-corrected chi connectivity index (χ4v) is 2.91. The maximum absolute atomic E-state index is 9.33. The SMILES string of the molecule is OCC1(CNC2CCN(c3ccccc3)CC2)CC1. The summed E-state index contributed by atoms with van der Waals surface area (Å²) in [4.78, 5) is 2.47. The van der Waals surface area contributed by atoms with Crippen molar-refractivity contribution in [3.8, 4) is 0 Å². The van der Waals surface area contributed by atoms with Crippen LogP contribution in [0.5, 0.6) is 0 Å². The Morgan fingerprint density at radius 3 is 2.42 bits per heavy atom. The Labute approximate surface area is 115 Å². The zero-order chi connectivity index (χ0) is 13.1. The first-order valence-corrected chi connectivity index (χ1v) is 7.46. The lowest BCUT2D eigenvalue weighted by Gasteiger charge is -2.34. The summed E-state index contributed by atoms with van der Waals surface area (Å²) in [7, 11) is 0. The fourth-order valence-electron chi connectivity index (χ4n) is 2.91. The summed E-state index contributed by atoms with van der Waals surface area (Å²) in [6.07, 6.45) is 4.80. The first-order valence-electron chi connectivity index (χ1n) is 7.46. The second-order valence-electron chi connectivity index (χ2n) is 6.14. The summed E-state index contributed by atoms with van der Waals surface area (Å²) in [6, 6.07) is 11.3. The Bertz CT molecular complexity index is 394.